The first-order chi connectivity index (χ1) is 15.3. The lowest BCUT2D eigenvalue weighted by Crippen LogP contribution is -2.45. The molecule has 1 fully saturated rings. The molecule has 1 aromatic heterocycles. The molecule has 1 aliphatic heterocycles. The minimum atomic E-state index is -4.66. The van der Waals surface area contributed by atoms with Gasteiger partial charge in [-0.2, -0.15) is 13.2 Å². The number of benzene rings is 1. The number of hydrogen-bond acceptors (Lipinski definition) is 5. The predicted octanol–water partition coefficient (Wildman–Crippen LogP) is 4.37. The van der Waals surface area contributed by atoms with Gasteiger partial charge in [0.25, 0.3) is 0 Å². The Hall–Kier alpha value is -2.95. The van der Waals surface area contributed by atoms with Crippen molar-refractivity contribution in [1.29, 1.82) is 0 Å². The van der Waals surface area contributed by atoms with Crippen molar-refractivity contribution in [1.82, 2.24) is 4.98 Å². The number of pyridine rings is 1. The van der Waals surface area contributed by atoms with E-state index in [0.29, 0.717) is 0 Å². The Labute approximate surface area is 190 Å². The first-order valence-electron chi connectivity index (χ1n) is 9.66. The zero-order valence-corrected chi connectivity index (χ0v) is 18.5. The Balaban J connectivity index is 2.03. The van der Waals surface area contributed by atoms with Gasteiger partial charge < -0.3 is 14.5 Å². The molecule has 0 bridgehead atoms. The van der Waals surface area contributed by atoms with Crippen LogP contribution in [0.25, 0.3) is 0 Å². The van der Waals surface area contributed by atoms with Crippen molar-refractivity contribution in [3.8, 4) is 0 Å². The first kappa shape index (κ1) is 24.7. The van der Waals surface area contributed by atoms with E-state index in [4.69, 9.17) is 16.3 Å². The highest BCUT2D eigenvalue weighted by Gasteiger charge is 2.43. The number of aromatic nitrogens is 1. The number of halogens is 6. The molecule has 1 aromatic carbocycles. The molecule has 3 rings (SSSR count). The van der Waals surface area contributed by atoms with Gasteiger partial charge in [-0.25, -0.2) is 13.8 Å². The molecule has 0 N–H and O–H groups in total. The van der Waals surface area contributed by atoms with Gasteiger partial charge in [0.15, 0.2) is 5.82 Å². The van der Waals surface area contributed by atoms with Gasteiger partial charge in [-0.1, -0.05) is 11.6 Å². The smallest absolute Gasteiger partial charge is 0.416 e. The van der Waals surface area contributed by atoms with Crippen LogP contribution in [-0.4, -0.2) is 43.6 Å². The quantitative estimate of drug-likeness (QED) is 0.361. The summed E-state index contributed by atoms with van der Waals surface area (Å²) in [5.41, 5.74) is -1.25. The van der Waals surface area contributed by atoms with Gasteiger partial charge in [0, 0.05) is 19.3 Å². The van der Waals surface area contributed by atoms with E-state index >= 15 is 0 Å². The van der Waals surface area contributed by atoms with Crippen molar-refractivity contribution in [2.24, 2.45) is 5.92 Å². The second-order valence-electron chi connectivity index (χ2n) is 7.57. The lowest BCUT2D eigenvalue weighted by atomic mass is 10.0. The third kappa shape index (κ3) is 4.87. The van der Waals surface area contributed by atoms with Crippen molar-refractivity contribution >= 4 is 35.0 Å². The summed E-state index contributed by atoms with van der Waals surface area (Å²) in [6, 6.07) is 2.36. The molecular formula is C21H19ClF5N3O3. The molecule has 1 amide bonds. The molecule has 0 aliphatic carbocycles. The van der Waals surface area contributed by atoms with Crippen LogP contribution in [0.5, 0.6) is 0 Å². The van der Waals surface area contributed by atoms with E-state index in [2.05, 4.69) is 4.98 Å². The van der Waals surface area contributed by atoms with Crippen LogP contribution >= 0.6 is 11.6 Å². The SMILES string of the molecule is COC(=O)[C@H]1C[C@@H](C(=O)N(C)c2ccc(F)c(Cl)c2F)N(c2cc(C(F)(F)F)cc(C)n2)C1. The Morgan fingerprint density at radius 1 is 1.24 bits per heavy atom. The number of ether oxygens (including phenoxy) is 1. The van der Waals surface area contributed by atoms with Gasteiger partial charge in [0.2, 0.25) is 5.91 Å². The van der Waals surface area contributed by atoms with Crippen LogP contribution in [0.15, 0.2) is 24.3 Å². The summed E-state index contributed by atoms with van der Waals surface area (Å²) in [4.78, 5) is 31.7. The molecule has 0 spiro atoms. The first-order valence-corrected chi connectivity index (χ1v) is 10.0. The van der Waals surface area contributed by atoms with E-state index in [0.717, 1.165) is 36.3 Å². The average Bonchev–Trinajstić information content (AvgIpc) is 3.20. The maximum Gasteiger partial charge on any atom is 0.416 e. The Kier molecular flexibility index (Phi) is 6.83. The highest BCUT2D eigenvalue weighted by Crippen LogP contribution is 2.36. The summed E-state index contributed by atoms with van der Waals surface area (Å²) in [6.45, 7) is 1.22. The minimum Gasteiger partial charge on any atom is -0.469 e. The number of carbonyl (C=O) groups excluding carboxylic acids is 2. The second kappa shape index (κ2) is 9.12. The van der Waals surface area contributed by atoms with E-state index in [1.165, 1.54) is 18.9 Å². The van der Waals surface area contributed by atoms with Crippen LogP contribution in [-0.2, 0) is 20.5 Å². The summed E-state index contributed by atoms with van der Waals surface area (Å²) in [7, 11) is 2.36. The molecule has 12 heteroatoms. The summed E-state index contributed by atoms with van der Waals surface area (Å²) < 4.78 is 72.7. The van der Waals surface area contributed by atoms with Crippen molar-refractivity contribution < 1.29 is 36.3 Å². The highest BCUT2D eigenvalue weighted by molar-refractivity contribution is 6.31. The maximum absolute atomic E-state index is 14.5. The van der Waals surface area contributed by atoms with E-state index in [-0.39, 0.29) is 30.2 Å². The van der Waals surface area contributed by atoms with Crippen molar-refractivity contribution in [3.05, 3.63) is 52.2 Å². The van der Waals surface area contributed by atoms with Crippen LogP contribution < -0.4 is 9.80 Å². The molecule has 2 heterocycles. The topological polar surface area (TPSA) is 62.7 Å². The summed E-state index contributed by atoms with van der Waals surface area (Å²) in [5.74, 6) is -4.60. The zero-order valence-electron chi connectivity index (χ0n) is 17.7. The van der Waals surface area contributed by atoms with E-state index < -0.39 is 52.2 Å². The fourth-order valence-electron chi connectivity index (χ4n) is 3.74. The van der Waals surface area contributed by atoms with Gasteiger partial charge >= 0.3 is 12.1 Å². The molecule has 1 aliphatic rings. The van der Waals surface area contributed by atoms with Gasteiger partial charge in [0.1, 0.15) is 22.7 Å². The summed E-state index contributed by atoms with van der Waals surface area (Å²) in [6.07, 6.45) is -4.77. The molecule has 0 radical (unpaired) electrons. The Morgan fingerprint density at radius 2 is 1.91 bits per heavy atom. The normalized spacial score (nSPS) is 18.4. The van der Waals surface area contributed by atoms with Crippen LogP contribution in [0.4, 0.5) is 33.5 Å². The third-order valence-corrected chi connectivity index (χ3v) is 5.74. The van der Waals surface area contributed by atoms with E-state index in [9.17, 15) is 31.5 Å². The standard InChI is InChI=1S/C21H19ClF5N3O3/c1-10-6-12(21(25,26)27)8-16(28-10)30-9-11(20(32)33-3)7-15(30)19(31)29(2)14-5-4-13(23)17(22)18(14)24/h4-6,8,11,15H,7,9H2,1-3H3/t11-,15-/m0/s1. The number of aryl methyl sites for hydroxylation is 1. The fourth-order valence-corrected chi connectivity index (χ4v) is 3.90. The monoisotopic (exact) mass is 491 g/mol. The van der Waals surface area contributed by atoms with Crippen molar-refractivity contribution in [2.75, 3.05) is 30.5 Å². The van der Waals surface area contributed by atoms with Crippen LogP contribution in [0, 0.1) is 24.5 Å². The number of rotatable bonds is 4. The van der Waals surface area contributed by atoms with Gasteiger partial charge in [-0.15, -0.1) is 0 Å². The Bertz CT molecular complexity index is 1100. The van der Waals surface area contributed by atoms with Crippen LogP contribution in [0.3, 0.4) is 0 Å². The lowest BCUT2D eigenvalue weighted by molar-refractivity contribution is -0.144. The lowest BCUT2D eigenvalue weighted by Gasteiger charge is -2.29. The number of anilines is 2. The van der Waals surface area contributed by atoms with E-state index in [1.807, 2.05) is 0 Å². The molecule has 178 valence electrons. The van der Waals surface area contributed by atoms with E-state index in [1.54, 1.807) is 0 Å². The number of methoxy groups -OCH3 is 1. The summed E-state index contributed by atoms with van der Waals surface area (Å²) >= 11 is 5.60. The summed E-state index contributed by atoms with van der Waals surface area (Å²) in [5, 5.41) is -0.807. The average molecular weight is 492 g/mol. The number of likely N-dealkylation sites (N-methyl/N-ethyl adjacent to an activating group) is 1. The number of alkyl halides is 3. The predicted molar refractivity (Wildman–Crippen MR) is 110 cm³/mol. The van der Waals surface area contributed by atoms with Crippen LogP contribution in [0.1, 0.15) is 17.7 Å². The van der Waals surface area contributed by atoms with Gasteiger partial charge in [0.05, 0.1) is 24.3 Å². The minimum absolute atomic E-state index is 0.0530. The van der Waals surface area contributed by atoms with Crippen molar-refractivity contribution in [2.45, 2.75) is 25.6 Å². The number of nitrogens with zero attached hydrogens (tertiary/aromatic N) is 3. The second-order valence-corrected chi connectivity index (χ2v) is 7.95. The number of carbonyl (C=O) groups is 2. The molecular weight excluding hydrogens is 473 g/mol. The van der Waals surface area contributed by atoms with Gasteiger partial charge in [-0.3, -0.25) is 9.59 Å². The highest BCUT2D eigenvalue weighted by atomic mass is 35.5. The number of hydrogen-bond donors (Lipinski definition) is 0. The molecule has 0 saturated carbocycles. The van der Waals surface area contributed by atoms with Crippen LogP contribution in [0.2, 0.25) is 5.02 Å². The fraction of sp³-hybridized carbons (Fsp3) is 0.381. The molecule has 2 aromatic rings. The molecule has 0 unspecified atom stereocenters. The number of amides is 1. The molecule has 1 saturated heterocycles. The molecule has 2 atom stereocenters. The number of esters is 1. The largest absolute Gasteiger partial charge is 0.469 e. The Morgan fingerprint density at radius 3 is 2.52 bits per heavy atom. The molecule has 33 heavy (non-hydrogen) atoms. The third-order valence-electron chi connectivity index (χ3n) is 5.39. The van der Waals surface area contributed by atoms with Gasteiger partial charge in [-0.05, 0) is 37.6 Å². The molecule has 6 nitrogen and oxygen atoms in total. The maximum atomic E-state index is 14.5. The zero-order chi connectivity index (χ0) is 24.7. The van der Waals surface area contributed by atoms with Crippen molar-refractivity contribution in [3.63, 3.8) is 0 Å².